The van der Waals surface area contributed by atoms with Crippen LogP contribution in [0.3, 0.4) is 0 Å². The summed E-state index contributed by atoms with van der Waals surface area (Å²) in [5, 5.41) is 12.0. The van der Waals surface area contributed by atoms with Crippen molar-refractivity contribution in [1.29, 1.82) is 0 Å². The van der Waals surface area contributed by atoms with E-state index in [0.29, 0.717) is 5.41 Å². The zero-order valence-corrected chi connectivity index (χ0v) is 11.8. The number of benzene rings is 1. The molecule has 2 rings (SSSR count). The minimum absolute atomic E-state index is 0.187. The van der Waals surface area contributed by atoms with Crippen LogP contribution in [-0.2, 0) is 6.54 Å². The number of oxime groups is 1. The molecule has 0 aromatic heterocycles. The SMILES string of the molecule is CC1(C)CCCN(Cc2ccccc2C(N)=NO)C1. The molecule has 0 atom stereocenters. The van der Waals surface area contributed by atoms with Gasteiger partial charge in [0.15, 0.2) is 5.84 Å². The number of nitrogens with zero attached hydrogens (tertiary/aromatic N) is 2. The van der Waals surface area contributed by atoms with E-state index in [1.54, 1.807) is 0 Å². The highest BCUT2D eigenvalue weighted by atomic mass is 16.4. The van der Waals surface area contributed by atoms with E-state index in [1.807, 2.05) is 18.2 Å². The summed E-state index contributed by atoms with van der Waals surface area (Å²) in [6, 6.07) is 7.87. The average Bonchev–Trinajstić information content (AvgIpc) is 2.37. The Kier molecular flexibility index (Phi) is 4.10. The third kappa shape index (κ3) is 3.47. The quantitative estimate of drug-likeness (QED) is 0.380. The Bertz CT molecular complexity index is 468. The van der Waals surface area contributed by atoms with Gasteiger partial charge in [-0.15, -0.1) is 0 Å². The minimum Gasteiger partial charge on any atom is -0.409 e. The first-order valence-electron chi connectivity index (χ1n) is 6.80. The van der Waals surface area contributed by atoms with Crippen LogP contribution in [0.2, 0.25) is 0 Å². The summed E-state index contributed by atoms with van der Waals surface area (Å²) in [4.78, 5) is 2.45. The summed E-state index contributed by atoms with van der Waals surface area (Å²) in [5.74, 6) is 0.187. The van der Waals surface area contributed by atoms with Gasteiger partial charge in [0.1, 0.15) is 0 Å². The summed E-state index contributed by atoms with van der Waals surface area (Å²) in [5.41, 5.74) is 8.06. The molecule has 19 heavy (non-hydrogen) atoms. The van der Waals surface area contributed by atoms with Gasteiger partial charge in [0.05, 0.1) is 0 Å². The molecular weight excluding hydrogens is 238 g/mol. The van der Waals surface area contributed by atoms with Crippen LogP contribution < -0.4 is 5.73 Å². The van der Waals surface area contributed by atoms with Gasteiger partial charge in [-0.2, -0.15) is 0 Å². The van der Waals surface area contributed by atoms with E-state index in [9.17, 15) is 0 Å². The van der Waals surface area contributed by atoms with Gasteiger partial charge in [-0.25, -0.2) is 0 Å². The number of rotatable bonds is 3. The fraction of sp³-hybridized carbons (Fsp3) is 0.533. The molecule has 0 amide bonds. The molecule has 104 valence electrons. The first-order chi connectivity index (χ1) is 9.02. The van der Waals surface area contributed by atoms with E-state index < -0.39 is 0 Å². The largest absolute Gasteiger partial charge is 0.409 e. The summed E-state index contributed by atoms with van der Waals surface area (Å²) in [6.45, 7) is 7.70. The van der Waals surface area contributed by atoms with E-state index in [0.717, 1.165) is 30.8 Å². The Balaban J connectivity index is 2.15. The molecule has 4 heteroatoms. The predicted octanol–water partition coefficient (Wildman–Crippen LogP) is 2.40. The van der Waals surface area contributed by atoms with Crippen LogP contribution >= 0.6 is 0 Å². The van der Waals surface area contributed by atoms with Gasteiger partial charge >= 0.3 is 0 Å². The lowest BCUT2D eigenvalue weighted by Crippen LogP contribution is -2.39. The standard InChI is InChI=1S/C15H23N3O/c1-15(2)8-5-9-18(11-15)10-12-6-3-4-7-13(12)14(16)17-19/h3-4,6-7,19H,5,8-11H2,1-2H3,(H2,16,17). The van der Waals surface area contributed by atoms with Crippen molar-refractivity contribution in [2.75, 3.05) is 13.1 Å². The van der Waals surface area contributed by atoms with Crippen LogP contribution in [0.1, 0.15) is 37.8 Å². The Morgan fingerprint density at radius 3 is 2.84 bits per heavy atom. The minimum atomic E-state index is 0.187. The van der Waals surface area contributed by atoms with Gasteiger partial charge in [-0.1, -0.05) is 43.3 Å². The highest BCUT2D eigenvalue weighted by molar-refractivity contribution is 5.98. The lowest BCUT2D eigenvalue weighted by atomic mass is 9.84. The van der Waals surface area contributed by atoms with Crippen molar-refractivity contribution in [2.45, 2.75) is 33.2 Å². The number of amidine groups is 1. The fourth-order valence-electron chi connectivity index (χ4n) is 2.88. The molecule has 0 spiro atoms. The fourth-order valence-corrected chi connectivity index (χ4v) is 2.88. The highest BCUT2D eigenvalue weighted by Gasteiger charge is 2.26. The van der Waals surface area contributed by atoms with E-state index in [4.69, 9.17) is 10.9 Å². The van der Waals surface area contributed by atoms with E-state index in [1.165, 1.54) is 12.8 Å². The number of likely N-dealkylation sites (tertiary alicyclic amines) is 1. The number of hydrogen-bond donors (Lipinski definition) is 2. The Hall–Kier alpha value is -1.55. The molecule has 3 N–H and O–H groups in total. The van der Waals surface area contributed by atoms with Crippen molar-refractivity contribution in [3.8, 4) is 0 Å². The molecule has 1 aromatic rings. The molecule has 0 radical (unpaired) electrons. The molecule has 4 nitrogen and oxygen atoms in total. The lowest BCUT2D eigenvalue weighted by molar-refractivity contribution is 0.111. The maximum atomic E-state index is 8.85. The Morgan fingerprint density at radius 2 is 2.16 bits per heavy atom. The van der Waals surface area contributed by atoms with Crippen molar-refractivity contribution < 1.29 is 5.21 Å². The molecule has 1 aliphatic rings. The van der Waals surface area contributed by atoms with Gasteiger partial charge in [-0.05, 0) is 30.4 Å². The lowest BCUT2D eigenvalue weighted by Gasteiger charge is -2.38. The summed E-state index contributed by atoms with van der Waals surface area (Å²) >= 11 is 0. The van der Waals surface area contributed by atoms with Crippen LogP contribution in [-0.4, -0.2) is 29.0 Å². The molecule has 1 aromatic carbocycles. The maximum absolute atomic E-state index is 8.85. The smallest absolute Gasteiger partial charge is 0.170 e. The first kappa shape index (κ1) is 13.9. The molecule has 0 bridgehead atoms. The zero-order chi connectivity index (χ0) is 13.9. The normalized spacial score (nSPS) is 20.4. The maximum Gasteiger partial charge on any atom is 0.170 e. The molecule has 0 aliphatic carbocycles. The molecular formula is C15H23N3O. The Labute approximate surface area is 114 Å². The molecule has 1 fully saturated rings. The van der Waals surface area contributed by atoms with Crippen LogP contribution in [0.15, 0.2) is 29.4 Å². The van der Waals surface area contributed by atoms with Crippen molar-refractivity contribution in [1.82, 2.24) is 4.90 Å². The second-order valence-corrected chi connectivity index (χ2v) is 6.12. The molecule has 0 saturated carbocycles. The van der Waals surface area contributed by atoms with Crippen molar-refractivity contribution in [2.24, 2.45) is 16.3 Å². The summed E-state index contributed by atoms with van der Waals surface area (Å²) in [7, 11) is 0. The van der Waals surface area contributed by atoms with Crippen molar-refractivity contribution >= 4 is 5.84 Å². The van der Waals surface area contributed by atoms with Crippen LogP contribution in [0.25, 0.3) is 0 Å². The van der Waals surface area contributed by atoms with E-state index in [2.05, 4.69) is 30.0 Å². The van der Waals surface area contributed by atoms with Gasteiger partial charge in [0.25, 0.3) is 0 Å². The summed E-state index contributed by atoms with van der Waals surface area (Å²) < 4.78 is 0. The molecule has 1 heterocycles. The number of piperidine rings is 1. The van der Waals surface area contributed by atoms with Gasteiger partial charge in [0.2, 0.25) is 0 Å². The van der Waals surface area contributed by atoms with Crippen molar-refractivity contribution in [3.05, 3.63) is 35.4 Å². The summed E-state index contributed by atoms with van der Waals surface area (Å²) in [6.07, 6.45) is 2.52. The van der Waals surface area contributed by atoms with Crippen molar-refractivity contribution in [3.63, 3.8) is 0 Å². The monoisotopic (exact) mass is 261 g/mol. The highest BCUT2D eigenvalue weighted by Crippen LogP contribution is 2.29. The van der Waals surface area contributed by atoms with Gasteiger partial charge in [0, 0.05) is 18.7 Å². The van der Waals surface area contributed by atoms with Gasteiger partial charge < -0.3 is 10.9 Å². The topological polar surface area (TPSA) is 61.8 Å². The second kappa shape index (κ2) is 5.61. The third-order valence-electron chi connectivity index (χ3n) is 3.77. The number of hydrogen-bond acceptors (Lipinski definition) is 3. The number of nitrogens with two attached hydrogens (primary N) is 1. The van der Waals surface area contributed by atoms with Crippen LogP contribution in [0.5, 0.6) is 0 Å². The zero-order valence-electron chi connectivity index (χ0n) is 11.8. The Morgan fingerprint density at radius 1 is 1.42 bits per heavy atom. The van der Waals surface area contributed by atoms with Crippen LogP contribution in [0.4, 0.5) is 0 Å². The van der Waals surface area contributed by atoms with E-state index >= 15 is 0 Å². The first-order valence-corrected chi connectivity index (χ1v) is 6.80. The average molecular weight is 261 g/mol. The molecule has 1 saturated heterocycles. The molecule has 1 aliphatic heterocycles. The predicted molar refractivity (Wildman–Crippen MR) is 77.2 cm³/mol. The second-order valence-electron chi connectivity index (χ2n) is 6.12. The van der Waals surface area contributed by atoms with Gasteiger partial charge in [-0.3, -0.25) is 4.90 Å². The third-order valence-corrected chi connectivity index (χ3v) is 3.77. The van der Waals surface area contributed by atoms with Crippen LogP contribution in [0, 0.1) is 5.41 Å². The molecule has 0 unspecified atom stereocenters. The van der Waals surface area contributed by atoms with E-state index in [-0.39, 0.29) is 5.84 Å².